The van der Waals surface area contributed by atoms with Crippen LogP contribution in [0.15, 0.2) is 42.5 Å². The predicted molar refractivity (Wildman–Crippen MR) is 152 cm³/mol. The standard InChI is InChI=1S/C29H30ClF6N7/c1-3-42(15-18-6-4-5-7-18)26-21(12-20-13-24(30)8-9-25(20)37-26)17-43(27-38-40-41(2)39-27)16-19-10-22(28(31,32)33)14-23(11-19)29(34,35)36/h8-14,18H,3-7,15-17H2,1-2H3. The van der Waals surface area contributed by atoms with Crippen LogP contribution in [0.2, 0.25) is 5.02 Å². The number of nitrogens with zero attached hydrogens (tertiary/aromatic N) is 7. The molecule has 1 aliphatic carbocycles. The Morgan fingerprint density at radius 2 is 1.58 bits per heavy atom. The second-order valence-electron chi connectivity index (χ2n) is 10.8. The summed E-state index contributed by atoms with van der Waals surface area (Å²) >= 11 is 6.27. The summed E-state index contributed by atoms with van der Waals surface area (Å²) in [7, 11) is 1.52. The smallest absolute Gasteiger partial charge is 0.356 e. The highest BCUT2D eigenvalue weighted by Gasteiger charge is 2.37. The van der Waals surface area contributed by atoms with Crippen molar-refractivity contribution in [3.63, 3.8) is 0 Å². The lowest BCUT2D eigenvalue weighted by Crippen LogP contribution is -2.32. The van der Waals surface area contributed by atoms with Gasteiger partial charge in [0.05, 0.1) is 23.7 Å². The Morgan fingerprint density at radius 1 is 0.907 bits per heavy atom. The SMILES string of the molecule is CCN(CC1CCCC1)c1nc2ccc(Cl)cc2cc1CN(Cc1cc(C(F)(F)F)cc(C(F)(F)F)c1)c1nnn(C)n1. The molecule has 2 aromatic carbocycles. The number of anilines is 2. The number of aryl methyl sites for hydroxylation is 1. The highest BCUT2D eigenvalue weighted by atomic mass is 35.5. The fourth-order valence-corrected chi connectivity index (χ4v) is 5.76. The van der Waals surface area contributed by atoms with E-state index in [1.165, 1.54) is 29.6 Å². The van der Waals surface area contributed by atoms with Crippen LogP contribution >= 0.6 is 11.6 Å². The van der Waals surface area contributed by atoms with E-state index in [1.54, 1.807) is 12.1 Å². The van der Waals surface area contributed by atoms with Crippen LogP contribution in [0.4, 0.5) is 38.1 Å². The molecule has 0 atom stereocenters. The molecule has 0 radical (unpaired) electrons. The van der Waals surface area contributed by atoms with Gasteiger partial charge in [-0.1, -0.05) is 29.5 Å². The van der Waals surface area contributed by atoms with E-state index in [-0.39, 0.29) is 30.7 Å². The van der Waals surface area contributed by atoms with E-state index in [1.807, 2.05) is 19.1 Å². The van der Waals surface area contributed by atoms with E-state index < -0.39 is 23.5 Å². The van der Waals surface area contributed by atoms with Crippen molar-refractivity contribution in [1.82, 2.24) is 25.2 Å². The summed E-state index contributed by atoms with van der Waals surface area (Å²) in [5.74, 6) is 1.22. The first kappa shape index (κ1) is 30.8. The molecule has 43 heavy (non-hydrogen) atoms. The van der Waals surface area contributed by atoms with Crippen LogP contribution in [-0.4, -0.2) is 38.3 Å². The van der Waals surface area contributed by atoms with E-state index in [0.29, 0.717) is 34.4 Å². The number of pyridine rings is 1. The van der Waals surface area contributed by atoms with E-state index >= 15 is 0 Å². The van der Waals surface area contributed by atoms with Gasteiger partial charge >= 0.3 is 12.4 Å². The Hall–Kier alpha value is -3.61. The van der Waals surface area contributed by atoms with Crippen molar-refractivity contribution in [2.75, 3.05) is 22.9 Å². The zero-order valence-electron chi connectivity index (χ0n) is 23.6. The number of aromatic nitrogens is 5. The van der Waals surface area contributed by atoms with E-state index in [2.05, 4.69) is 20.3 Å². The molecule has 14 heteroatoms. The Kier molecular flexibility index (Phi) is 8.73. The number of alkyl halides is 6. The van der Waals surface area contributed by atoms with Gasteiger partial charge in [-0.3, -0.25) is 0 Å². The molecule has 0 saturated heterocycles. The van der Waals surface area contributed by atoms with Crippen molar-refractivity contribution in [1.29, 1.82) is 0 Å². The highest BCUT2D eigenvalue weighted by molar-refractivity contribution is 6.31. The monoisotopic (exact) mass is 625 g/mol. The van der Waals surface area contributed by atoms with Gasteiger partial charge < -0.3 is 9.80 Å². The van der Waals surface area contributed by atoms with Gasteiger partial charge in [0.2, 0.25) is 0 Å². The van der Waals surface area contributed by atoms with Gasteiger partial charge in [0.15, 0.2) is 0 Å². The van der Waals surface area contributed by atoms with Crippen LogP contribution in [0.3, 0.4) is 0 Å². The topological polar surface area (TPSA) is 63.0 Å². The second-order valence-corrected chi connectivity index (χ2v) is 11.3. The molecular formula is C29H30ClF6N7. The summed E-state index contributed by atoms with van der Waals surface area (Å²) in [6.45, 7) is 3.15. The first-order chi connectivity index (χ1) is 20.3. The maximum atomic E-state index is 13.6. The van der Waals surface area contributed by atoms with Crippen molar-refractivity contribution in [2.24, 2.45) is 13.0 Å². The lowest BCUT2D eigenvalue weighted by atomic mass is 10.0. The Morgan fingerprint density at radius 3 is 2.16 bits per heavy atom. The number of fused-ring (bicyclic) bond motifs is 1. The minimum absolute atomic E-state index is 0.0369. The van der Waals surface area contributed by atoms with Crippen LogP contribution in [0.25, 0.3) is 10.9 Å². The lowest BCUT2D eigenvalue weighted by molar-refractivity contribution is -0.143. The first-order valence-corrected chi connectivity index (χ1v) is 14.3. The first-order valence-electron chi connectivity index (χ1n) is 13.9. The van der Waals surface area contributed by atoms with Crippen molar-refractivity contribution in [3.8, 4) is 0 Å². The molecule has 230 valence electrons. The molecular weight excluding hydrogens is 596 g/mol. The molecule has 7 nitrogen and oxygen atoms in total. The number of benzene rings is 2. The van der Waals surface area contributed by atoms with Gasteiger partial charge in [0, 0.05) is 42.2 Å². The minimum atomic E-state index is -4.97. The van der Waals surface area contributed by atoms with Crippen LogP contribution in [-0.2, 0) is 32.5 Å². The van der Waals surface area contributed by atoms with Gasteiger partial charge in [0.1, 0.15) is 5.82 Å². The van der Waals surface area contributed by atoms with Gasteiger partial charge in [-0.05, 0) is 78.9 Å². The minimum Gasteiger partial charge on any atom is -0.356 e. The summed E-state index contributed by atoms with van der Waals surface area (Å²) in [6.07, 6.45) is -5.38. The third-order valence-electron chi connectivity index (χ3n) is 7.63. The fourth-order valence-electron chi connectivity index (χ4n) is 5.58. The summed E-state index contributed by atoms with van der Waals surface area (Å²) in [4.78, 5) is 9.81. The Bertz CT molecular complexity index is 1550. The number of rotatable bonds is 9. The zero-order chi connectivity index (χ0) is 30.9. The van der Waals surface area contributed by atoms with E-state index in [9.17, 15) is 26.3 Å². The van der Waals surface area contributed by atoms with Crippen molar-refractivity contribution >= 4 is 34.3 Å². The summed E-state index contributed by atoms with van der Waals surface area (Å²) in [5.41, 5.74) is -1.57. The average molecular weight is 626 g/mol. The molecule has 0 spiro atoms. The molecule has 0 unspecified atom stereocenters. The largest absolute Gasteiger partial charge is 0.416 e. The molecule has 0 amide bonds. The number of tetrazole rings is 1. The van der Waals surface area contributed by atoms with Gasteiger partial charge in [-0.15, -0.1) is 5.10 Å². The molecule has 5 rings (SSSR count). The maximum Gasteiger partial charge on any atom is 0.416 e. The van der Waals surface area contributed by atoms with Gasteiger partial charge in [-0.2, -0.15) is 31.1 Å². The van der Waals surface area contributed by atoms with E-state index in [0.717, 1.165) is 36.9 Å². The molecule has 1 aliphatic rings. The molecule has 0 bridgehead atoms. The summed E-state index contributed by atoms with van der Waals surface area (Å²) in [6, 6.07) is 8.78. The summed E-state index contributed by atoms with van der Waals surface area (Å²) in [5, 5.41) is 13.3. The van der Waals surface area contributed by atoms with Crippen LogP contribution in [0.1, 0.15) is 54.9 Å². The molecule has 1 saturated carbocycles. The molecule has 0 aliphatic heterocycles. The maximum absolute atomic E-state index is 13.6. The molecule has 2 aromatic heterocycles. The van der Waals surface area contributed by atoms with Crippen molar-refractivity contribution < 1.29 is 26.3 Å². The van der Waals surface area contributed by atoms with Crippen LogP contribution < -0.4 is 9.80 Å². The molecule has 1 fully saturated rings. The van der Waals surface area contributed by atoms with Crippen LogP contribution in [0, 0.1) is 5.92 Å². The normalized spacial score (nSPS) is 14.5. The Balaban J connectivity index is 1.59. The zero-order valence-corrected chi connectivity index (χ0v) is 24.3. The van der Waals surface area contributed by atoms with Crippen molar-refractivity contribution in [2.45, 2.75) is 58.0 Å². The molecule has 4 aromatic rings. The second kappa shape index (κ2) is 12.2. The highest BCUT2D eigenvalue weighted by Crippen LogP contribution is 2.37. The van der Waals surface area contributed by atoms with Crippen LogP contribution in [0.5, 0.6) is 0 Å². The number of hydrogen-bond donors (Lipinski definition) is 0. The van der Waals surface area contributed by atoms with Gasteiger partial charge in [0.25, 0.3) is 5.95 Å². The van der Waals surface area contributed by atoms with E-state index in [4.69, 9.17) is 16.6 Å². The summed E-state index contributed by atoms with van der Waals surface area (Å²) < 4.78 is 81.8. The fraction of sp³-hybridized carbons (Fsp3) is 0.448. The average Bonchev–Trinajstić information content (AvgIpc) is 3.61. The van der Waals surface area contributed by atoms with Gasteiger partial charge in [-0.25, -0.2) is 4.98 Å². The molecule has 0 N–H and O–H groups in total. The quantitative estimate of drug-likeness (QED) is 0.178. The number of halogens is 7. The predicted octanol–water partition coefficient (Wildman–Crippen LogP) is 7.67. The van der Waals surface area contributed by atoms with Crippen molar-refractivity contribution in [3.05, 3.63) is 69.7 Å². The molecule has 2 heterocycles. The third-order valence-corrected chi connectivity index (χ3v) is 7.87. The Labute approximate surface area is 249 Å². The third kappa shape index (κ3) is 7.31. The number of hydrogen-bond acceptors (Lipinski definition) is 6. The lowest BCUT2D eigenvalue weighted by Gasteiger charge is -2.30.